The zero-order valence-electron chi connectivity index (χ0n) is 21.8. The Balaban J connectivity index is 1.21. The molecule has 1 aliphatic rings. The average molecular weight is 530 g/mol. The fraction of sp³-hybridized carbons (Fsp3) is 0.161. The second-order valence-corrected chi connectivity index (χ2v) is 10.0. The largest absolute Gasteiger partial charge is 0.501 e. The molecule has 1 aliphatic carbocycles. The minimum absolute atomic E-state index is 0.291. The summed E-state index contributed by atoms with van der Waals surface area (Å²) in [5, 5.41) is 14.7. The van der Waals surface area contributed by atoms with E-state index in [0.717, 1.165) is 40.8 Å². The molecule has 0 spiro atoms. The minimum Gasteiger partial charge on any atom is -0.501 e. The van der Waals surface area contributed by atoms with Gasteiger partial charge in [0.25, 0.3) is 5.78 Å². The van der Waals surface area contributed by atoms with Gasteiger partial charge in [0.15, 0.2) is 5.82 Å². The molecule has 0 atom stereocenters. The summed E-state index contributed by atoms with van der Waals surface area (Å²) in [6.07, 6.45) is 7.42. The van der Waals surface area contributed by atoms with Crippen molar-refractivity contribution in [1.29, 1.82) is 0 Å². The van der Waals surface area contributed by atoms with Crippen LogP contribution in [0.3, 0.4) is 0 Å². The molecule has 1 fully saturated rings. The lowest BCUT2D eigenvalue weighted by Crippen LogP contribution is -2.15. The smallest absolute Gasteiger partial charge is 0.271 e. The van der Waals surface area contributed by atoms with Crippen LogP contribution in [0.1, 0.15) is 29.9 Å². The Bertz CT molecular complexity index is 1910. The summed E-state index contributed by atoms with van der Waals surface area (Å²) in [6.45, 7) is 3.82. The van der Waals surface area contributed by atoms with Crippen LogP contribution in [0.2, 0.25) is 0 Å². The van der Waals surface area contributed by atoms with E-state index in [1.807, 2.05) is 30.3 Å². The average Bonchev–Trinajstić information content (AvgIpc) is 3.69. The monoisotopic (exact) mass is 529 g/mol. The molecule has 196 valence electrons. The first kappa shape index (κ1) is 24.0. The van der Waals surface area contributed by atoms with Crippen LogP contribution in [-0.4, -0.2) is 41.9 Å². The quantitative estimate of drug-likeness (QED) is 0.244. The van der Waals surface area contributed by atoms with Crippen LogP contribution in [-0.2, 0) is 16.6 Å². The zero-order valence-corrected chi connectivity index (χ0v) is 21.8. The highest BCUT2D eigenvalue weighted by molar-refractivity contribution is 5.79. The first-order valence-corrected chi connectivity index (χ1v) is 13.0. The Kier molecular flexibility index (Phi) is 5.59. The summed E-state index contributed by atoms with van der Waals surface area (Å²) in [7, 11) is 1.58. The Labute approximate surface area is 229 Å². The summed E-state index contributed by atoms with van der Waals surface area (Å²) in [5.74, 6) is 1.39. The number of rotatable bonds is 7. The summed E-state index contributed by atoms with van der Waals surface area (Å²) >= 11 is 0. The van der Waals surface area contributed by atoms with Crippen LogP contribution < -0.4 is 0 Å². The molecule has 0 radical (unpaired) electrons. The van der Waals surface area contributed by atoms with Gasteiger partial charge in [-0.15, -0.1) is 10.2 Å². The van der Waals surface area contributed by atoms with E-state index in [0.29, 0.717) is 40.3 Å². The Hall–Kier alpha value is -5.05. The maximum Gasteiger partial charge on any atom is 0.271 e. The number of pyridine rings is 2. The van der Waals surface area contributed by atoms with Gasteiger partial charge in [-0.05, 0) is 48.7 Å². The van der Waals surface area contributed by atoms with Gasteiger partial charge >= 0.3 is 0 Å². The molecule has 4 heterocycles. The molecular weight excluding hydrogens is 505 g/mol. The lowest BCUT2D eigenvalue weighted by molar-refractivity contribution is 0.284. The zero-order chi connectivity index (χ0) is 27.3. The fourth-order valence-electron chi connectivity index (χ4n) is 5.14. The number of ether oxygens (including phenoxy) is 1. The van der Waals surface area contributed by atoms with E-state index in [9.17, 15) is 0 Å². The standard InChI is InChI=1S/C31H24FN7O/c1-19(40-2)14-24-8-5-22(17-34-24)25-9-6-21(16-26(25)32)28-18-35-30-37-36-29(39(30)38-28)31(11-12-31)23-7-10-27-20(15-23)4-3-13-33-27/h3-10,13,15-18H,1,11-12,14H2,2H3. The van der Waals surface area contributed by atoms with Gasteiger partial charge in [-0.1, -0.05) is 36.9 Å². The maximum absolute atomic E-state index is 15.3. The molecule has 7 rings (SSSR count). The number of halogens is 1. The van der Waals surface area contributed by atoms with Crippen LogP contribution in [0.4, 0.5) is 4.39 Å². The van der Waals surface area contributed by atoms with E-state index in [1.54, 1.807) is 36.3 Å². The maximum atomic E-state index is 15.3. The van der Waals surface area contributed by atoms with Crippen LogP contribution in [0.25, 0.3) is 39.1 Å². The summed E-state index contributed by atoms with van der Waals surface area (Å²) in [5.41, 5.74) is 4.88. The van der Waals surface area contributed by atoms with Crippen LogP contribution in [0, 0.1) is 5.82 Å². The summed E-state index contributed by atoms with van der Waals surface area (Å²) in [6, 6.07) is 19.0. The van der Waals surface area contributed by atoms with Gasteiger partial charge in [0.1, 0.15) is 11.5 Å². The van der Waals surface area contributed by atoms with Crippen molar-refractivity contribution in [3.63, 3.8) is 0 Å². The molecule has 6 aromatic rings. The Morgan fingerprint density at radius 3 is 2.62 bits per heavy atom. The van der Waals surface area contributed by atoms with E-state index in [4.69, 9.17) is 9.84 Å². The molecule has 2 aromatic carbocycles. The van der Waals surface area contributed by atoms with Gasteiger partial charge in [0, 0.05) is 46.6 Å². The number of allylic oxidation sites excluding steroid dienone is 1. The van der Waals surface area contributed by atoms with Gasteiger partial charge in [0.05, 0.1) is 30.0 Å². The van der Waals surface area contributed by atoms with Crippen molar-refractivity contribution >= 4 is 16.7 Å². The molecule has 0 amide bonds. The van der Waals surface area contributed by atoms with E-state index < -0.39 is 0 Å². The van der Waals surface area contributed by atoms with Gasteiger partial charge in [-0.2, -0.15) is 9.61 Å². The van der Waals surface area contributed by atoms with Gasteiger partial charge < -0.3 is 4.74 Å². The van der Waals surface area contributed by atoms with Crippen molar-refractivity contribution in [1.82, 2.24) is 34.8 Å². The van der Waals surface area contributed by atoms with E-state index in [-0.39, 0.29) is 11.2 Å². The van der Waals surface area contributed by atoms with Crippen molar-refractivity contribution in [3.8, 4) is 22.4 Å². The third kappa shape index (κ3) is 4.07. The normalized spacial score (nSPS) is 13.9. The van der Waals surface area contributed by atoms with Crippen molar-refractivity contribution in [2.24, 2.45) is 0 Å². The van der Waals surface area contributed by atoms with E-state index in [1.165, 1.54) is 6.07 Å². The van der Waals surface area contributed by atoms with Gasteiger partial charge in [0.2, 0.25) is 0 Å². The lowest BCUT2D eigenvalue weighted by Gasteiger charge is -2.14. The van der Waals surface area contributed by atoms with Crippen LogP contribution in [0.5, 0.6) is 0 Å². The fourth-order valence-corrected chi connectivity index (χ4v) is 5.14. The van der Waals surface area contributed by atoms with Crippen LogP contribution >= 0.6 is 0 Å². The number of fused-ring (bicyclic) bond motifs is 2. The highest BCUT2D eigenvalue weighted by atomic mass is 19.1. The van der Waals surface area contributed by atoms with Crippen molar-refractivity contribution < 1.29 is 9.13 Å². The third-order valence-electron chi connectivity index (χ3n) is 7.54. The topological polar surface area (TPSA) is 91.0 Å². The molecule has 4 aromatic heterocycles. The third-order valence-corrected chi connectivity index (χ3v) is 7.54. The number of methoxy groups -OCH3 is 1. The van der Waals surface area contributed by atoms with E-state index in [2.05, 4.69) is 49.9 Å². The number of hydrogen-bond donors (Lipinski definition) is 0. The van der Waals surface area contributed by atoms with Crippen molar-refractivity contribution in [2.45, 2.75) is 24.7 Å². The number of aromatic nitrogens is 7. The van der Waals surface area contributed by atoms with Crippen molar-refractivity contribution in [2.75, 3.05) is 7.11 Å². The number of benzene rings is 2. The van der Waals surface area contributed by atoms with Gasteiger partial charge in [-0.3, -0.25) is 9.97 Å². The van der Waals surface area contributed by atoms with E-state index >= 15 is 4.39 Å². The number of nitrogens with zero attached hydrogens (tertiary/aromatic N) is 7. The minimum atomic E-state index is -0.373. The molecule has 1 saturated carbocycles. The second-order valence-electron chi connectivity index (χ2n) is 10.0. The first-order chi connectivity index (χ1) is 19.5. The molecule has 0 aliphatic heterocycles. The summed E-state index contributed by atoms with van der Waals surface area (Å²) in [4.78, 5) is 13.3. The SMILES string of the molecule is C=C(Cc1ccc(-c2ccc(-c3cnc4nnc(C5(c6ccc7ncccc7c6)CC5)n4n3)cc2F)cn1)OC. The molecule has 0 unspecified atom stereocenters. The molecular formula is C31H24FN7O. The lowest BCUT2D eigenvalue weighted by atomic mass is 9.94. The predicted octanol–water partition coefficient (Wildman–Crippen LogP) is 5.72. The van der Waals surface area contributed by atoms with Crippen molar-refractivity contribution in [3.05, 3.63) is 114 Å². The highest BCUT2D eigenvalue weighted by Gasteiger charge is 2.50. The number of hydrogen-bond acceptors (Lipinski definition) is 7. The van der Waals surface area contributed by atoms with Crippen LogP contribution in [0.15, 0.2) is 91.6 Å². The molecule has 8 nitrogen and oxygen atoms in total. The van der Waals surface area contributed by atoms with Gasteiger partial charge in [-0.25, -0.2) is 9.37 Å². The molecule has 0 saturated heterocycles. The highest BCUT2D eigenvalue weighted by Crippen LogP contribution is 2.53. The second kappa shape index (κ2) is 9.30. The molecule has 40 heavy (non-hydrogen) atoms. The Morgan fingerprint density at radius 1 is 0.975 bits per heavy atom. The first-order valence-electron chi connectivity index (χ1n) is 13.0. The molecule has 0 N–H and O–H groups in total. The predicted molar refractivity (Wildman–Crippen MR) is 149 cm³/mol. The summed E-state index contributed by atoms with van der Waals surface area (Å²) < 4.78 is 22.1. The molecule has 0 bridgehead atoms. The molecule has 9 heteroatoms. The Morgan fingerprint density at radius 2 is 1.85 bits per heavy atom.